The van der Waals surface area contributed by atoms with Gasteiger partial charge in [0.15, 0.2) is 0 Å². The second kappa shape index (κ2) is 11.3. The number of carbonyl (C=O) groups is 2. The average molecular weight is 450 g/mol. The number of likely N-dealkylation sites (tertiary alicyclic amines) is 2. The van der Waals surface area contributed by atoms with Crippen molar-refractivity contribution in [3.8, 4) is 5.75 Å². The molecule has 33 heavy (non-hydrogen) atoms. The number of hydrogen-bond donors (Lipinski definition) is 1. The van der Waals surface area contributed by atoms with Crippen molar-refractivity contribution in [2.45, 2.75) is 44.7 Å². The largest absolute Gasteiger partial charge is 0.497 e. The highest BCUT2D eigenvalue weighted by molar-refractivity contribution is 5.94. The molecule has 2 heterocycles. The molecule has 6 heteroatoms. The number of rotatable bonds is 8. The van der Waals surface area contributed by atoms with Crippen molar-refractivity contribution < 1.29 is 14.3 Å². The third-order valence-electron chi connectivity index (χ3n) is 6.90. The van der Waals surface area contributed by atoms with Crippen molar-refractivity contribution in [2.75, 3.05) is 33.3 Å². The first-order chi connectivity index (χ1) is 16.1. The molecular weight excluding hydrogens is 414 g/mol. The lowest BCUT2D eigenvalue weighted by Crippen LogP contribution is -2.39. The van der Waals surface area contributed by atoms with Gasteiger partial charge in [0.25, 0.3) is 5.91 Å². The molecule has 0 radical (unpaired) electrons. The second-order valence-corrected chi connectivity index (χ2v) is 9.28. The summed E-state index contributed by atoms with van der Waals surface area (Å²) in [5, 5.41) is 3.24. The van der Waals surface area contributed by atoms with Gasteiger partial charge in [-0.25, -0.2) is 0 Å². The molecule has 2 amide bonds. The summed E-state index contributed by atoms with van der Waals surface area (Å²) in [6, 6.07) is 18.0. The van der Waals surface area contributed by atoms with Gasteiger partial charge in [-0.15, -0.1) is 0 Å². The summed E-state index contributed by atoms with van der Waals surface area (Å²) < 4.78 is 5.17. The van der Waals surface area contributed by atoms with Gasteiger partial charge in [-0.3, -0.25) is 14.5 Å². The van der Waals surface area contributed by atoms with E-state index in [4.69, 9.17) is 4.74 Å². The monoisotopic (exact) mass is 449 g/mol. The Morgan fingerprint density at radius 1 is 0.970 bits per heavy atom. The van der Waals surface area contributed by atoms with Gasteiger partial charge in [-0.05, 0) is 61.4 Å². The number of ether oxygens (including phenoxy) is 1. The van der Waals surface area contributed by atoms with Crippen LogP contribution in [0.4, 0.5) is 0 Å². The molecule has 6 nitrogen and oxygen atoms in total. The lowest BCUT2D eigenvalue weighted by atomic mass is 9.91. The summed E-state index contributed by atoms with van der Waals surface area (Å²) in [5.74, 6) is 1.51. The summed E-state index contributed by atoms with van der Waals surface area (Å²) in [6.45, 7) is 4.41. The number of amides is 2. The van der Waals surface area contributed by atoms with Gasteiger partial charge < -0.3 is 15.0 Å². The molecule has 2 saturated heterocycles. The summed E-state index contributed by atoms with van der Waals surface area (Å²) in [4.78, 5) is 29.6. The van der Waals surface area contributed by atoms with Gasteiger partial charge >= 0.3 is 0 Å². The first-order valence-electron chi connectivity index (χ1n) is 12.1. The number of piperidine rings is 1. The Labute approximate surface area is 196 Å². The summed E-state index contributed by atoms with van der Waals surface area (Å²) in [7, 11) is 1.62. The maximum Gasteiger partial charge on any atom is 0.253 e. The van der Waals surface area contributed by atoms with Crippen molar-refractivity contribution in [1.82, 2.24) is 15.1 Å². The van der Waals surface area contributed by atoms with E-state index in [1.165, 1.54) is 5.56 Å². The van der Waals surface area contributed by atoms with Crippen LogP contribution in [0.25, 0.3) is 0 Å². The third-order valence-corrected chi connectivity index (χ3v) is 6.90. The minimum atomic E-state index is 0.0788. The van der Waals surface area contributed by atoms with Crippen LogP contribution in [-0.4, -0.2) is 60.9 Å². The summed E-state index contributed by atoms with van der Waals surface area (Å²) in [5.41, 5.74) is 2.02. The number of nitrogens with one attached hydrogen (secondary N) is 1. The quantitative estimate of drug-likeness (QED) is 0.667. The molecule has 2 aromatic rings. The van der Waals surface area contributed by atoms with E-state index in [1.54, 1.807) is 7.11 Å². The molecule has 0 aliphatic carbocycles. The maximum atomic E-state index is 12.7. The van der Waals surface area contributed by atoms with Crippen molar-refractivity contribution in [3.63, 3.8) is 0 Å². The fourth-order valence-corrected chi connectivity index (χ4v) is 4.91. The normalized spacial score (nSPS) is 19.4. The average Bonchev–Trinajstić information content (AvgIpc) is 3.29. The Hall–Kier alpha value is -2.86. The highest BCUT2D eigenvalue weighted by Crippen LogP contribution is 2.24. The molecule has 1 N–H and O–H groups in total. The SMILES string of the molecule is COc1ccc(C(=O)N2CCC(CCC(=O)N[C@@H]3CCN(Cc4ccccc4)C3)CC2)cc1. The molecule has 0 saturated carbocycles. The molecule has 1 atom stereocenters. The molecule has 0 bridgehead atoms. The van der Waals surface area contributed by atoms with Gasteiger partial charge in [-0.1, -0.05) is 30.3 Å². The highest BCUT2D eigenvalue weighted by atomic mass is 16.5. The molecule has 0 aromatic heterocycles. The minimum Gasteiger partial charge on any atom is -0.497 e. The Kier molecular flexibility index (Phi) is 8.00. The number of methoxy groups -OCH3 is 1. The molecule has 0 spiro atoms. The molecule has 0 unspecified atom stereocenters. The van der Waals surface area contributed by atoms with E-state index in [0.717, 1.165) is 64.2 Å². The number of nitrogens with zero attached hydrogens (tertiary/aromatic N) is 2. The van der Waals surface area contributed by atoms with Crippen LogP contribution in [0.3, 0.4) is 0 Å². The molecule has 4 rings (SSSR count). The minimum absolute atomic E-state index is 0.0788. The van der Waals surface area contributed by atoms with Crippen molar-refractivity contribution in [1.29, 1.82) is 0 Å². The van der Waals surface area contributed by atoms with Crippen LogP contribution in [0.5, 0.6) is 5.75 Å². The smallest absolute Gasteiger partial charge is 0.253 e. The van der Waals surface area contributed by atoms with Crippen LogP contribution >= 0.6 is 0 Å². The van der Waals surface area contributed by atoms with Crippen LogP contribution in [0.1, 0.15) is 48.0 Å². The molecule has 2 aliphatic heterocycles. The van der Waals surface area contributed by atoms with Crippen LogP contribution in [0, 0.1) is 5.92 Å². The number of hydrogen-bond acceptors (Lipinski definition) is 4. The Morgan fingerprint density at radius 3 is 2.39 bits per heavy atom. The van der Waals surface area contributed by atoms with Crippen LogP contribution in [0.15, 0.2) is 54.6 Å². The predicted molar refractivity (Wildman–Crippen MR) is 129 cm³/mol. The summed E-state index contributed by atoms with van der Waals surface area (Å²) >= 11 is 0. The third kappa shape index (κ3) is 6.57. The molecular formula is C27H35N3O3. The van der Waals surface area contributed by atoms with Crippen LogP contribution < -0.4 is 10.1 Å². The molecule has 2 aromatic carbocycles. The topological polar surface area (TPSA) is 61.9 Å². The fraction of sp³-hybridized carbons (Fsp3) is 0.481. The predicted octanol–water partition coefficient (Wildman–Crippen LogP) is 3.72. The Morgan fingerprint density at radius 2 is 1.70 bits per heavy atom. The van der Waals surface area contributed by atoms with Gasteiger partial charge in [-0.2, -0.15) is 0 Å². The van der Waals surface area contributed by atoms with Crippen LogP contribution in [0.2, 0.25) is 0 Å². The lowest BCUT2D eigenvalue weighted by molar-refractivity contribution is -0.122. The Balaban J connectivity index is 1.13. The van der Waals surface area contributed by atoms with E-state index in [0.29, 0.717) is 17.9 Å². The van der Waals surface area contributed by atoms with E-state index < -0.39 is 0 Å². The van der Waals surface area contributed by atoms with Crippen molar-refractivity contribution in [3.05, 3.63) is 65.7 Å². The van der Waals surface area contributed by atoms with E-state index >= 15 is 0 Å². The first kappa shape index (κ1) is 23.3. The maximum absolute atomic E-state index is 12.7. The molecule has 2 fully saturated rings. The van der Waals surface area contributed by atoms with Gasteiger partial charge in [0, 0.05) is 50.7 Å². The molecule has 176 valence electrons. The standard InChI is InChI=1S/C27H35N3O3/c1-33-25-10-8-23(9-11-25)27(32)30-17-13-21(14-18-30)7-12-26(31)28-24-15-16-29(20-24)19-22-5-3-2-4-6-22/h2-6,8-11,21,24H,7,12-20H2,1H3,(H,28,31)/t24-/m1/s1. The van der Waals surface area contributed by atoms with Crippen molar-refractivity contribution >= 4 is 11.8 Å². The van der Waals surface area contributed by atoms with E-state index in [9.17, 15) is 9.59 Å². The zero-order chi connectivity index (χ0) is 23.0. The fourth-order valence-electron chi connectivity index (χ4n) is 4.91. The lowest BCUT2D eigenvalue weighted by Gasteiger charge is -2.32. The van der Waals surface area contributed by atoms with E-state index in [1.807, 2.05) is 35.2 Å². The van der Waals surface area contributed by atoms with Gasteiger partial charge in [0.1, 0.15) is 5.75 Å². The first-order valence-corrected chi connectivity index (χ1v) is 12.1. The van der Waals surface area contributed by atoms with E-state index in [-0.39, 0.29) is 17.9 Å². The Bertz CT molecular complexity index is 908. The highest BCUT2D eigenvalue weighted by Gasteiger charge is 2.26. The van der Waals surface area contributed by atoms with E-state index in [2.05, 4.69) is 34.5 Å². The zero-order valence-electron chi connectivity index (χ0n) is 19.5. The second-order valence-electron chi connectivity index (χ2n) is 9.28. The van der Waals surface area contributed by atoms with Gasteiger partial charge in [0.05, 0.1) is 7.11 Å². The van der Waals surface area contributed by atoms with Crippen molar-refractivity contribution in [2.24, 2.45) is 5.92 Å². The zero-order valence-corrected chi connectivity index (χ0v) is 19.5. The van der Waals surface area contributed by atoms with Gasteiger partial charge in [0.2, 0.25) is 5.91 Å². The molecule has 2 aliphatic rings. The summed E-state index contributed by atoms with van der Waals surface area (Å²) in [6.07, 6.45) is 4.42. The number of carbonyl (C=O) groups excluding carboxylic acids is 2. The number of benzene rings is 2. The van der Waals surface area contributed by atoms with Crippen LogP contribution in [-0.2, 0) is 11.3 Å².